The molecular weight excluding hydrogens is 154 g/mol. The molecule has 0 aromatic heterocycles. The first-order valence-corrected chi connectivity index (χ1v) is 2.96. The summed E-state index contributed by atoms with van der Waals surface area (Å²) in [4.78, 5) is 10.4. The van der Waals surface area contributed by atoms with Crippen molar-refractivity contribution in [3.05, 3.63) is 23.5 Å². The van der Waals surface area contributed by atoms with E-state index in [1.54, 1.807) is 6.08 Å². The lowest BCUT2D eigenvalue weighted by Gasteiger charge is -2.17. The second-order valence-corrected chi connectivity index (χ2v) is 2.12. The Balaban J connectivity index is 2.60. The molecule has 0 atom stereocenters. The zero-order valence-electron chi connectivity index (χ0n) is 5.04. The fraction of sp³-hybridized carbons (Fsp3) is 0. The van der Waals surface area contributed by atoms with Crippen LogP contribution in [0.3, 0.4) is 0 Å². The van der Waals surface area contributed by atoms with Crippen molar-refractivity contribution in [1.29, 1.82) is 0 Å². The van der Waals surface area contributed by atoms with Crippen LogP contribution in [0.1, 0.15) is 0 Å². The van der Waals surface area contributed by atoms with Gasteiger partial charge in [0.2, 0.25) is 0 Å². The maximum atomic E-state index is 10.4. The van der Waals surface area contributed by atoms with Crippen LogP contribution in [0, 0.1) is 0 Å². The van der Waals surface area contributed by atoms with E-state index in [4.69, 9.17) is 17.3 Å². The fourth-order valence-electron chi connectivity index (χ4n) is 0.505. The first-order valence-electron chi connectivity index (χ1n) is 2.59. The molecule has 2 amide bonds. The van der Waals surface area contributed by atoms with Crippen LogP contribution in [0.15, 0.2) is 23.5 Å². The highest BCUT2D eigenvalue weighted by molar-refractivity contribution is 6.31. The Hall–Kier alpha value is -1.16. The van der Waals surface area contributed by atoms with Crippen molar-refractivity contribution in [1.82, 2.24) is 10.4 Å². The van der Waals surface area contributed by atoms with Gasteiger partial charge in [0, 0.05) is 12.4 Å². The number of carbonyl (C=O) groups excluding carboxylic acids is 1. The monoisotopic (exact) mass is 159 g/mol. The van der Waals surface area contributed by atoms with Crippen molar-refractivity contribution in [3.63, 3.8) is 0 Å². The summed E-state index contributed by atoms with van der Waals surface area (Å²) in [7, 11) is 0. The van der Waals surface area contributed by atoms with E-state index in [0.717, 1.165) is 5.01 Å². The number of amides is 2. The van der Waals surface area contributed by atoms with Crippen LogP contribution in [-0.4, -0.2) is 11.0 Å². The molecule has 0 bridgehead atoms. The molecule has 0 unspecified atom stereocenters. The number of nitrogens with two attached hydrogens (primary N) is 1. The zero-order chi connectivity index (χ0) is 7.56. The van der Waals surface area contributed by atoms with E-state index in [0.29, 0.717) is 5.03 Å². The molecule has 54 valence electrons. The second-order valence-electron chi connectivity index (χ2n) is 1.68. The van der Waals surface area contributed by atoms with Gasteiger partial charge in [-0.05, 0) is 6.08 Å². The Bertz CT molecular complexity index is 211. The lowest BCUT2D eigenvalue weighted by molar-refractivity contribution is 0.214. The van der Waals surface area contributed by atoms with Crippen LogP contribution in [0.2, 0.25) is 0 Å². The predicted octanol–water partition coefficient (Wildman–Crippen LogP) is 0.479. The number of halogens is 1. The van der Waals surface area contributed by atoms with Gasteiger partial charge in [-0.25, -0.2) is 9.80 Å². The van der Waals surface area contributed by atoms with Crippen LogP contribution in [0.25, 0.3) is 0 Å². The first kappa shape index (κ1) is 6.95. The highest BCUT2D eigenvalue weighted by atomic mass is 35.5. The SMILES string of the molecule is NC(=O)N1C=CC(Cl)=CN1. The maximum Gasteiger partial charge on any atom is 0.337 e. The summed E-state index contributed by atoms with van der Waals surface area (Å²) in [6.07, 6.45) is 4.47. The third-order valence-electron chi connectivity index (χ3n) is 0.962. The number of rotatable bonds is 0. The van der Waals surface area contributed by atoms with E-state index in [9.17, 15) is 4.79 Å². The van der Waals surface area contributed by atoms with Crippen molar-refractivity contribution >= 4 is 17.6 Å². The molecule has 0 spiro atoms. The lowest BCUT2D eigenvalue weighted by atomic mass is 10.5. The number of nitrogens with one attached hydrogen (secondary N) is 1. The van der Waals surface area contributed by atoms with Crippen LogP contribution in [-0.2, 0) is 0 Å². The van der Waals surface area contributed by atoms with Crippen molar-refractivity contribution in [3.8, 4) is 0 Å². The quantitative estimate of drug-likeness (QED) is 0.540. The molecule has 4 nitrogen and oxygen atoms in total. The highest BCUT2D eigenvalue weighted by Gasteiger charge is 2.05. The van der Waals surface area contributed by atoms with Crippen molar-refractivity contribution in [2.75, 3.05) is 0 Å². The molecule has 5 heteroatoms. The molecule has 0 radical (unpaired) electrons. The lowest BCUT2D eigenvalue weighted by Crippen LogP contribution is -2.40. The summed E-state index contributed by atoms with van der Waals surface area (Å²) in [5.74, 6) is 0. The number of hydrogen-bond acceptors (Lipinski definition) is 2. The largest absolute Gasteiger partial charge is 0.350 e. The summed E-state index contributed by atoms with van der Waals surface area (Å²) in [5, 5.41) is 1.64. The topological polar surface area (TPSA) is 58.4 Å². The molecule has 1 aliphatic rings. The van der Waals surface area contributed by atoms with Gasteiger partial charge in [0.25, 0.3) is 0 Å². The van der Waals surface area contributed by atoms with Crippen LogP contribution in [0.5, 0.6) is 0 Å². The molecule has 1 heterocycles. The van der Waals surface area contributed by atoms with E-state index < -0.39 is 6.03 Å². The number of hydrogen-bond donors (Lipinski definition) is 2. The Morgan fingerprint density at radius 3 is 2.90 bits per heavy atom. The van der Waals surface area contributed by atoms with E-state index in [1.165, 1.54) is 12.4 Å². The standard InChI is InChI=1S/C5H6ClN3O/c6-4-1-2-9(5(7)10)8-3-4/h1-3,8H,(H2,7,10). The molecule has 1 aliphatic heterocycles. The second kappa shape index (κ2) is 2.62. The Kier molecular flexibility index (Phi) is 1.82. The first-order chi connectivity index (χ1) is 4.70. The van der Waals surface area contributed by atoms with Crippen LogP contribution in [0.4, 0.5) is 4.79 Å². The molecular formula is C5H6ClN3O. The third-order valence-corrected chi connectivity index (χ3v) is 1.20. The van der Waals surface area contributed by atoms with Gasteiger partial charge in [0.15, 0.2) is 0 Å². The Morgan fingerprint density at radius 2 is 2.50 bits per heavy atom. The summed E-state index contributed by atoms with van der Waals surface area (Å²) in [6.45, 7) is 0. The molecule has 0 fully saturated rings. The highest BCUT2D eigenvalue weighted by Crippen LogP contribution is 2.05. The normalized spacial score (nSPS) is 16.1. The van der Waals surface area contributed by atoms with Crippen molar-refractivity contribution < 1.29 is 4.79 Å². The molecule has 1 rings (SSSR count). The minimum Gasteiger partial charge on any atom is -0.350 e. The minimum absolute atomic E-state index is 0.525. The number of carbonyl (C=O) groups is 1. The molecule has 3 N–H and O–H groups in total. The van der Waals surface area contributed by atoms with E-state index in [-0.39, 0.29) is 0 Å². The predicted molar refractivity (Wildman–Crippen MR) is 37.6 cm³/mol. The van der Waals surface area contributed by atoms with E-state index >= 15 is 0 Å². The summed E-state index contributed by atoms with van der Waals surface area (Å²) < 4.78 is 0. The number of nitrogens with zero attached hydrogens (tertiary/aromatic N) is 1. The van der Waals surface area contributed by atoms with E-state index in [2.05, 4.69) is 5.43 Å². The van der Waals surface area contributed by atoms with Gasteiger partial charge in [-0.15, -0.1) is 0 Å². The summed E-state index contributed by atoms with van der Waals surface area (Å²) in [5.41, 5.74) is 7.46. The average Bonchev–Trinajstić information content (AvgIpc) is 1.88. The maximum absolute atomic E-state index is 10.4. The summed E-state index contributed by atoms with van der Waals surface area (Å²) >= 11 is 5.52. The van der Waals surface area contributed by atoms with Crippen LogP contribution >= 0.6 is 11.6 Å². The van der Waals surface area contributed by atoms with Crippen molar-refractivity contribution in [2.24, 2.45) is 5.73 Å². The number of hydrazine groups is 1. The molecule has 0 saturated heterocycles. The average molecular weight is 160 g/mol. The van der Waals surface area contributed by atoms with Gasteiger partial charge in [0.1, 0.15) is 0 Å². The van der Waals surface area contributed by atoms with Gasteiger partial charge < -0.3 is 5.73 Å². The molecule has 0 saturated carbocycles. The van der Waals surface area contributed by atoms with Gasteiger partial charge in [-0.2, -0.15) is 0 Å². The molecule has 0 aliphatic carbocycles. The van der Waals surface area contributed by atoms with E-state index in [1.807, 2.05) is 0 Å². The van der Waals surface area contributed by atoms with Gasteiger partial charge >= 0.3 is 6.03 Å². The van der Waals surface area contributed by atoms with Crippen LogP contribution < -0.4 is 11.2 Å². The van der Waals surface area contributed by atoms with Gasteiger partial charge in [-0.3, -0.25) is 5.43 Å². The van der Waals surface area contributed by atoms with Gasteiger partial charge in [-0.1, -0.05) is 11.6 Å². The summed E-state index contributed by atoms with van der Waals surface area (Å²) in [6, 6.07) is -0.573. The minimum atomic E-state index is -0.573. The number of primary amides is 1. The number of allylic oxidation sites excluding steroid dienone is 2. The fourth-order valence-corrected chi connectivity index (χ4v) is 0.610. The number of urea groups is 1. The third kappa shape index (κ3) is 1.41. The smallest absolute Gasteiger partial charge is 0.337 e. The zero-order valence-corrected chi connectivity index (χ0v) is 5.80. The van der Waals surface area contributed by atoms with Crippen molar-refractivity contribution in [2.45, 2.75) is 0 Å². The molecule has 0 aromatic carbocycles. The van der Waals surface area contributed by atoms with Gasteiger partial charge in [0.05, 0.1) is 5.03 Å². The molecule has 0 aromatic rings. The Morgan fingerprint density at radius 1 is 1.80 bits per heavy atom. The molecule has 10 heavy (non-hydrogen) atoms. The Labute approximate surface area is 62.9 Å².